The molecule has 6 nitrogen and oxygen atoms in total. The van der Waals surface area contributed by atoms with E-state index in [1.807, 2.05) is 96.2 Å². The van der Waals surface area contributed by atoms with Gasteiger partial charge in [0.15, 0.2) is 0 Å². The molecule has 0 saturated carbocycles. The molecule has 3 aromatic carbocycles. The lowest BCUT2D eigenvalue weighted by Gasteiger charge is -2.25. The Morgan fingerprint density at radius 2 is 0.927 bits per heavy atom. The van der Waals surface area contributed by atoms with Gasteiger partial charge < -0.3 is 28.4 Å². The molecule has 0 radical (unpaired) electrons. The molecule has 0 aromatic heterocycles. The first-order valence-electron chi connectivity index (χ1n) is 14.2. The zero-order chi connectivity index (χ0) is 29.5. The van der Waals surface area contributed by atoms with Gasteiger partial charge in [0, 0.05) is 35.2 Å². The number of hydrogen-bond donors (Lipinski definition) is 0. The highest BCUT2D eigenvalue weighted by molar-refractivity contribution is 5.54. The minimum Gasteiger partial charge on any atom is -0.493 e. The minimum atomic E-state index is -0.133. The third-order valence-electron chi connectivity index (χ3n) is 6.10. The summed E-state index contributed by atoms with van der Waals surface area (Å²) >= 11 is 0. The molecule has 0 saturated heterocycles. The maximum absolute atomic E-state index is 6.18. The molecule has 0 aliphatic heterocycles. The first-order valence-corrected chi connectivity index (χ1v) is 14.2. The zero-order valence-electron chi connectivity index (χ0n) is 25.0. The molecule has 0 N–H and O–H groups in total. The Morgan fingerprint density at radius 3 is 1.34 bits per heavy atom. The summed E-state index contributed by atoms with van der Waals surface area (Å²) in [5.74, 6) is 4.27. The van der Waals surface area contributed by atoms with Crippen molar-refractivity contribution in [3.8, 4) is 34.5 Å². The number of hydrogen-bond acceptors (Lipinski definition) is 6. The molecule has 0 aliphatic rings. The molecule has 3 aromatic rings. The van der Waals surface area contributed by atoms with Crippen LogP contribution in [0.4, 0.5) is 0 Å². The van der Waals surface area contributed by atoms with Crippen LogP contribution in [-0.4, -0.2) is 19.8 Å². The topological polar surface area (TPSA) is 55.4 Å². The van der Waals surface area contributed by atoms with Gasteiger partial charge in [0.1, 0.15) is 34.5 Å². The molecule has 0 heterocycles. The normalized spacial score (nSPS) is 12.1. The third kappa shape index (κ3) is 8.84. The summed E-state index contributed by atoms with van der Waals surface area (Å²) in [5.41, 5.74) is 3.07. The maximum Gasteiger partial charge on any atom is 0.130 e. The summed E-state index contributed by atoms with van der Waals surface area (Å²) < 4.78 is 35.7. The van der Waals surface area contributed by atoms with Crippen LogP contribution in [0.3, 0.4) is 0 Å². The molecule has 41 heavy (non-hydrogen) atoms. The van der Waals surface area contributed by atoms with Gasteiger partial charge in [-0.1, -0.05) is 36.4 Å². The van der Waals surface area contributed by atoms with Crippen LogP contribution < -0.4 is 28.4 Å². The molecule has 3 rings (SSSR count). The van der Waals surface area contributed by atoms with Gasteiger partial charge in [0.2, 0.25) is 0 Å². The van der Waals surface area contributed by atoms with Crippen LogP contribution in [0.2, 0.25) is 0 Å². The van der Waals surface area contributed by atoms with Crippen molar-refractivity contribution in [2.45, 2.75) is 53.9 Å². The summed E-state index contributed by atoms with van der Waals surface area (Å²) in [6.45, 7) is 13.3. The van der Waals surface area contributed by atoms with E-state index in [1.54, 1.807) is 18.8 Å². The highest BCUT2D eigenvalue weighted by Gasteiger charge is 2.25. The molecule has 0 fully saturated rings. The molecule has 0 aliphatic carbocycles. The Kier molecular flexibility index (Phi) is 12.7. The van der Waals surface area contributed by atoms with Crippen molar-refractivity contribution >= 4 is 0 Å². The molecule has 218 valence electrons. The van der Waals surface area contributed by atoms with E-state index in [9.17, 15) is 0 Å². The summed E-state index contributed by atoms with van der Waals surface area (Å²) in [4.78, 5) is 0. The summed E-state index contributed by atoms with van der Waals surface area (Å²) in [7, 11) is 0. The Labute approximate surface area is 244 Å². The highest BCUT2D eigenvalue weighted by Crippen LogP contribution is 2.43. The number of ether oxygens (including phenoxy) is 6. The van der Waals surface area contributed by atoms with E-state index in [1.165, 1.54) is 0 Å². The van der Waals surface area contributed by atoms with Crippen molar-refractivity contribution in [1.29, 1.82) is 0 Å². The highest BCUT2D eigenvalue weighted by atomic mass is 16.5. The SMILES string of the molecule is CC=COc1ccc(CC(c2ccc(OC=CC)cc2OCC)c2ccc(OC=CC)cc2OCC)c(OCC)c1. The smallest absolute Gasteiger partial charge is 0.130 e. The predicted octanol–water partition coefficient (Wildman–Crippen LogP) is 8.99. The van der Waals surface area contributed by atoms with Crippen molar-refractivity contribution in [2.75, 3.05) is 19.8 Å². The van der Waals surface area contributed by atoms with E-state index in [4.69, 9.17) is 28.4 Å². The van der Waals surface area contributed by atoms with E-state index in [-0.39, 0.29) is 5.92 Å². The van der Waals surface area contributed by atoms with E-state index < -0.39 is 0 Å². The first-order chi connectivity index (χ1) is 20.1. The zero-order valence-corrected chi connectivity index (χ0v) is 25.0. The fraction of sp³-hybridized carbons (Fsp3) is 0.314. The molecule has 0 unspecified atom stereocenters. The van der Waals surface area contributed by atoms with Crippen molar-refractivity contribution in [2.24, 2.45) is 0 Å². The van der Waals surface area contributed by atoms with E-state index >= 15 is 0 Å². The van der Waals surface area contributed by atoms with Crippen molar-refractivity contribution < 1.29 is 28.4 Å². The second-order valence-corrected chi connectivity index (χ2v) is 8.99. The van der Waals surface area contributed by atoms with Crippen molar-refractivity contribution in [3.05, 3.63) is 108 Å². The van der Waals surface area contributed by atoms with Gasteiger partial charge in [-0.2, -0.15) is 0 Å². The van der Waals surface area contributed by atoms with Gasteiger partial charge in [-0.25, -0.2) is 0 Å². The molecular weight excluding hydrogens is 516 g/mol. The van der Waals surface area contributed by atoms with Crippen LogP contribution in [0.1, 0.15) is 64.2 Å². The third-order valence-corrected chi connectivity index (χ3v) is 6.10. The quantitative estimate of drug-likeness (QED) is 0.164. The molecule has 0 bridgehead atoms. The van der Waals surface area contributed by atoms with Crippen LogP contribution in [0.15, 0.2) is 91.6 Å². The Bertz CT molecular complexity index is 1260. The van der Waals surface area contributed by atoms with Gasteiger partial charge in [0.05, 0.1) is 38.6 Å². The first kappa shape index (κ1) is 31.2. The summed E-state index contributed by atoms with van der Waals surface area (Å²) in [6.07, 6.45) is 11.1. The monoisotopic (exact) mass is 558 g/mol. The van der Waals surface area contributed by atoms with E-state index in [2.05, 4.69) is 18.2 Å². The minimum absolute atomic E-state index is 0.133. The van der Waals surface area contributed by atoms with E-state index in [0.29, 0.717) is 43.5 Å². The van der Waals surface area contributed by atoms with Crippen LogP contribution >= 0.6 is 0 Å². The molecule has 0 amide bonds. The van der Waals surface area contributed by atoms with Gasteiger partial charge in [-0.15, -0.1) is 0 Å². The second kappa shape index (κ2) is 16.7. The van der Waals surface area contributed by atoms with Crippen LogP contribution in [0, 0.1) is 0 Å². The Balaban J connectivity index is 2.19. The molecule has 0 atom stereocenters. The van der Waals surface area contributed by atoms with Gasteiger partial charge in [-0.3, -0.25) is 0 Å². The lowest BCUT2D eigenvalue weighted by Crippen LogP contribution is -2.11. The summed E-state index contributed by atoms with van der Waals surface area (Å²) in [6, 6.07) is 17.9. The van der Waals surface area contributed by atoms with Crippen LogP contribution in [0.5, 0.6) is 34.5 Å². The molecule has 6 heteroatoms. The Morgan fingerprint density at radius 1 is 0.537 bits per heavy atom. The van der Waals surface area contributed by atoms with Gasteiger partial charge in [-0.05, 0) is 71.7 Å². The number of rotatable bonds is 16. The second-order valence-electron chi connectivity index (χ2n) is 8.99. The van der Waals surface area contributed by atoms with Crippen LogP contribution in [-0.2, 0) is 6.42 Å². The molecular formula is C35H42O6. The fourth-order valence-electron chi connectivity index (χ4n) is 4.43. The lowest BCUT2D eigenvalue weighted by atomic mass is 9.84. The van der Waals surface area contributed by atoms with Gasteiger partial charge in [0.25, 0.3) is 0 Å². The van der Waals surface area contributed by atoms with E-state index in [0.717, 1.165) is 33.9 Å². The largest absolute Gasteiger partial charge is 0.493 e. The molecule has 0 spiro atoms. The van der Waals surface area contributed by atoms with Crippen molar-refractivity contribution in [3.63, 3.8) is 0 Å². The van der Waals surface area contributed by atoms with Crippen molar-refractivity contribution in [1.82, 2.24) is 0 Å². The Hall–Kier alpha value is -4.32. The fourth-order valence-corrected chi connectivity index (χ4v) is 4.43. The average molecular weight is 559 g/mol. The predicted molar refractivity (Wildman–Crippen MR) is 165 cm³/mol. The number of benzene rings is 3. The number of allylic oxidation sites excluding steroid dienone is 3. The standard InChI is InChI=1S/C35H42O6/c1-7-19-39-27-14-13-26(33(23-27)36-10-4)22-32(30-17-15-28(40-20-8-2)24-34(30)37-11-5)31-18-16-29(41-21-9-3)25-35(31)38-12-6/h7-9,13-21,23-25,32H,10-12,22H2,1-6H3. The average Bonchev–Trinajstić information content (AvgIpc) is 2.98. The summed E-state index contributed by atoms with van der Waals surface area (Å²) in [5, 5.41) is 0. The van der Waals surface area contributed by atoms with Crippen LogP contribution in [0.25, 0.3) is 0 Å². The lowest BCUT2D eigenvalue weighted by molar-refractivity contribution is 0.324. The van der Waals surface area contributed by atoms with Gasteiger partial charge >= 0.3 is 0 Å². The maximum atomic E-state index is 6.18.